The van der Waals surface area contributed by atoms with Crippen molar-refractivity contribution in [3.05, 3.63) is 23.2 Å². The average molecular weight is 353 g/mol. The van der Waals surface area contributed by atoms with Crippen LogP contribution in [0.25, 0.3) is 0 Å². The summed E-state index contributed by atoms with van der Waals surface area (Å²) >= 11 is 6.00. The maximum absolute atomic E-state index is 12.3. The molecule has 24 heavy (non-hydrogen) atoms. The molecule has 2 unspecified atom stereocenters. The molecule has 2 fully saturated rings. The molecule has 1 heterocycles. The van der Waals surface area contributed by atoms with Gasteiger partial charge in [-0.15, -0.1) is 0 Å². The van der Waals surface area contributed by atoms with E-state index in [4.69, 9.17) is 21.1 Å². The van der Waals surface area contributed by atoms with E-state index in [-0.39, 0.29) is 5.91 Å². The van der Waals surface area contributed by atoms with Gasteiger partial charge in [0, 0.05) is 30.6 Å². The summed E-state index contributed by atoms with van der Waals surface area (Å²) in [5.74, 6) is 0.598. The van der Waals surface area contributed by atoms with E-state index in [2.05, 4.69) is 10.2 Å². The van der Waals surface area contributed by atoms with E-state index in [0.717, 1.165) is 26.1 Å². The molecular weight excluding hydrogens is 328 g/mol. The maximum atomic E-state index is 12.3. The number of rotatable bonds is 5. The number of anilines is 1. The van der Waals surface area contributed by atoms with Crippen LogP contribution < -0.4 is 10.1 Å². The van der Waals surface area contributed by atoms with E-state index in [9.17, 15) is 4.79 Å². The molecule has 1 aliphatic heterocycles. The first-order chi connectivity index (χ1) is 11.7. The zero-order valence-corrected chi connectivity index (χ0v) is 14.8. The summed E-state index contributed by atoms with van der Waals surface area (Å²) in [6, 6.07) is 5.69. The molecule has 3 rings (SSSR count). The molecule has 1 saturated carbocycles. The SMILES string of the molecule is COc1ccc(Cl)cc1NC(=O)CCN1CCOC2CCCCC21. The third-order valence-corrected chi connectivity index (χ3v) is 5.14. The molecule has 0 spiro atoms. The van der Waals surface area contributed by atoms with E-state index in [1.807, 2.05) is 0 Å². The minimum atomic E-state index is -0.0191. The molecule has 0 bridgehead atoms. The van der Waals surface area contributed by atoms with Crippen LogP contribution in [-0.2, 0) is 9.53 Å². The number of amides is 1. The molecule has 2 aliphatic rings. The highest BCUT2D eigenvalue weighted by Crippen LogP contribution is 2.29. The van der Waals surface area contributed by atoms with Gasteiger partial charge in [0.1, 0.15) is 5.75 Å². The van der Waals surface area contributed by atoms with Gasteiger partial charge in [0.05, 0.1) is 25.5 Å². The predicted octanol–water partition coefficient (Wildman–Crippen LogP) is 3.32. The summed E-state index contributed by atoms with van der Waals surface area (Å²) in [5.41, 5.74) is 0.618. The van der Waals surface area contributed by atoms with Crippen molar-refractivity contribution in [2.45, 2.75) is 44.2 Å². The quantitative estimate of drug-likeness (QED) is 0.883. The van der Waals surface area contributed by atoms with E-state index in [0.29, 0.717) is 35.0 Å². The lowest BCUT2D eigenvalue weighted by molar-refractivity contribution is -0.118. The number of hydrogen-bond acceptors (Lipinski definition) is 4. The van der Waals surface area contributed by atoms with Crippen LogP contribution in [0.4, 0.5) is 5.69 Å². The van der Waals surface area contributed by atoms with Gasteiger partial charge in [-0.3, -0.25) is 9.69 Å². The number of methoxy groups -OCH3 is 1. The van der Waals surface area contributed by atoms with Gasteiger partial charge in [-0.1, -0.05) is 24.4 Å². The van der Waals surface area contributed by atoms with Crippen molar-refractivity contribution in [3.63, 3.8) is 0 Å². The lowest BCUT2D eigenvalue weighted by Crippen LogP contribution is -2.53. The van der Waals surface area contributed by atoms with Crippen molar-refractivity contribution < 1.29 is 14.3 Å². The second kappa shape index (κ2) is 8.19. The Morgan fingerprint density at radius 3 is 3.08 bits per heavy atom. The van der Waals surface area contributed by atoms with Crippen molar-refractivity contribution in [2.75, 3.05) is 32.1 Å². The largest absolute Gasteiger partial charge is 0.495 e. The van der Waals surface area contributed by atoms with Gasteiger partial charge in [0.25, 0.3) is 0 Å². The van der Waals surface area contributed by atoms with Gasteiger partial charge >= 0.3 is 0 Å². The zero-order chi connectivity index (χ0) is 16.9. The van der Waals surface area contributed by atoms with E-state index >= 15 is 0 Å². The van der Waals surface area contributed by atoms with Gasteiger partial charge in [-0.05, 0) is 31.0 Å². The number of carbonyl (C=O) groups is 1. The standard InChI is InChI=1S/C18H25ClN2O3/c1-23-16-7-6-13(19)12-14(16)20-18(22)8-9-21-10-11-24-17-5-3-2-4-15(17)21/h6-7,12,15,17H,2-5,8-11H2,1H3,(H,20,22). The van der Waals surface area contributed by atoms with Crippen LogP contribution in [0.15, 0.2) is 18.2 Å². The Labute approximate surface area is 148 Å². The lowest BCUT2D eigenvalue weighted by Gasteiger charge is -2.43. The highest BCUT2D eigenvalue weighted by Gasteiger charge is 2.33. The first-order valence-electron chi connectivity index (χ1n) is 8.66. The highest BCUT2D eigenvalue weighted by atomic mass is 35.5. The van der Waals surface area contributed by atoms with Crippen LogP contribution in [0.3, 0.4) is 0 Å². The molecule has 1 aromatic rings. The summed E-state index contributed by atoms with van der Waals surface area (Å²) in [6.45, 7) is 2.44. The van der Waals surface area contributed by atoms with Crippen molar-refractivity contribution in [1.82, 2.24) is 4.90 Å². The monoisotopic (exact) mass is 352 g/mol. The molecule has 1 aliphatic carbocycles. The Morgan fingerprint density at radius 1 is 1.42 bits per heavy atom. The lowest BCUT2D eigenvalue weighted by atomic mass is 9.90. The summed E-state index contributed by atoms with van der Waals surface area (Å²) < 4.78 is 11.2. The molecule has 1 amide bonds. The van der Waals surface area contributed by atoms with Crippen LogP contribution in [-0.4, -0.2) is 49.8 Å². The van der Waals surface area contributed by atoms with Crippen LogP contribution in [0.2, 0.25) is 5.02 Å². The minimum Gasteiger partial charge on any atom is -0.495 e. The molecule has 6 heteroatoms. The number of benzene rings is 1. The number of halogens is 1. The molecule has 132 valence electrons. The fourth-order valence-electron chi connectivity index (χ4n) is 3.69. The number of fused-ring (bicyclic) bond motifs is 1. The van der Waals surface area contributed by atoms with Crippen LogP contribution in [0.1, 0.15) is 32.1 Å². The summed E-state index contributed by atoms with van der Waals surface area (Å²) in [5, 5.41) is 3.48. The van der Waals surface area contributed by atoms with Gasteiger partial charge in [0.2, 0.25) is 5.91 Å². The number of hydrogen-bond donors (Lipinski definition) is 1. The van der Waals surface area contributed by atoms with Crippen molar-refractivity contribution >= 4 is 23.2 Å². The van der Waals surface area contributed by atoms with Gasteiger partial charge < -0.3 is 14.8 Å². The molecule has 1 saturated heterocycles. The average Bonchev–Trinajstić information content (AvgIpc) is 2.60. The Kier molecular flexibility index (Phi) is 5.98. The Morgan fingerprint density at radius 2 is 2.25 bits per heavy atom. The van der Waals surface area contributed by atoms with Crippen molar-refractivity contribution in [1.29, 1.82) is 0 Å². The first kappa shape index (κ1) is 17.5. The van der Waals surface area contributed by atoms with Gasteiger partial charge in [0.15, 0.2) is 0 Å². The van der Waals surface area contributed by atoms with Gasteiger partial charge in [-0.25, -0.2) is 0 Å². The normalized spacial score (nSPS) is 24.2. The molecule has 2 atom stereocenters. The second-order valence-corrected chi connectivity index (χ2v) is 6.88. The number of morpholine rings is 1. The molecule has 0 aromatic heterocycles. The summed E-state index contributed by atoms with van der Waals surface area (Å²) in [6.07, 6.45) is 5.64. The van der Waals surface area contributed by atoms with Crippen molar-refractivity contribution in [2.24, 2.45) is 0 Å². The number of ether oxygens (including phenoxy) is 2. The first-order valence-corrected chi connectivity index (χ1v) is 9.04. The fraction of sp³-hybridized carbons (Fsp3) is 0.611. The second-order valence-electron chi connectivity index (χ2n) is 6.44. The van der Waals surface area contributed by atoms with Crippen LogP contribution in [0.5, 0.6) is 5.75 Å². The predicted molar refractivity (Wildman–Crippen MR) is 94.8 cm³/mol. The molecular formula is C18H25ClN2O3. The number of nitrogens with one attached hydrogen (secondary N) is 1. The Hall–Kier alpha value is -1.30. The summed E-state index contributed by atoms with van der Waals surface area (Å²) in [7, 11) is 1.58. The molecule has 5 nitrogen and oxygen atoms in total. The minimum absolute atomic E-state index is 0.0191. The Balaban J connectivity index is 1.54. The van der Waals surface area contributed by atoms with Crippen molar-refractivity contribution in [3.8, 4) is 5.75 Å². The number of carbonyl (C=O) groups excluding carboxylic acids is 1. The third kappa shape index (κ3) is 4.21. The van der Waals surface area contributed by atoms with Crippen LogP contribution in [0, 0.1) is 0 Å². The third-order valence-electron chi connectivity index (χ3n) is 4.91. The van der Waals surface area contributed by atoms with E-state index in [1.165, 1.54) is 19.3 Å². The van der Waals surface area contributed by atoms with Crippen LogP contribution >= 0.6 is 11.6 Å². The van der Waals surface area contributed by atoms with E-state index < -0.39 is 0 Å². The Bertz CT molecular complexity index is 579. The maximum Gasteiger partial charge on any atom is 0.225 e. The summed E-state index contributed by atoms with van der Waals surface area (Å²) in [4.78, 5) is 14.7. The fourth-order valence-corrected chi connectivity index (χ4v) is 3.86. The topological polar surface area (TPSA) is 50.8 Å². The van der Waals surface area contributed by atoms with Gasteiger partial charge in [-0.2, -0.15) is 0 Å². The molecule has 1 N–H and O–H groups in total. The molecule has 1 aromatic carbocycles. The smallest absolute Gasteiger partial charge is 0.225 e. The molecule has 0 radical (unpaired) electrons. The number of nitrogens with zero attached hydrogens (tertiary/aromatic N) is 1. The zero-order valence-electron chi connectivity index (χ0n) is 14.1. The highest BCUT2D eigenvalue weighted by molar-refractivity contribution is 6.31. The van der Waals surface area contributed by atoms with E-state index in [1.54, 1.807) is 25.3 Å².